The summed E-state index contributed by atoms with van der Waals surface area (Å²) >= 11 is 0. The van der Waals surface area contributed by atoms with Crippen LogP contribution in [0.5, 0.6) is 11.6 Å². The molecule has 2 aromatic rings. The third-order valence-corrected chi connectivity index (χ3v) is 10.8. The highest BCUT2D eigenvalue weighted by atomic mass is 19.1. The maximum Gasteiger partial charge on any atom is 0.282 e. The lowest BCUT2D eigenvalue weighted by atomic mass is 9.71. The summed E-state index contributed by atoms with van der Waals surface area (Å²) < 4.78 is 25.7. The van der Waals surface area contributed by atoms with Crippen molar-refractivity contribution in [1.82, 2.24) is 30.3 Å². The summed E-state index contributed by atoms with van der Waals surface area (Å²) in [7, 11) is 1.67. The number of benzene rings is 1. The number of aromatic nitrogens is 3. The molecule has 11 nitrogen and oxygen atoms in total. The molecule has 3 aliphatic heterocycles. The predicted molar refractivity (Wildman–Crippen MR) is 171 cm³/mol. The van der Waals surface area contributed by atoms with Gasteiger partial charge in [0.2, 0.25) is 5.91 Å². The quantitative estimate of drug-likeness (QED) is 0.408. The van der Waals surface area contributed by atoms with Crippen LogP contribution < -0.4 is 15.0 Å². The summed E-state index contributed by atoms with van der Waals surface area (Å²) in [6, 6.07) is 3.92. The number of likely N-dealkylation sites (tertiary alicyclic amines) is 1. The molecule has 2 amide bonds. The predicted octanol–water partition coefficient (Wildman–Crippen LogP) is 4.29. The minimum Gasteiger partial charge on any atom is -0.434 e. The number of hydrogen-bond acceptors (Lipinski definition) is 9. The standard InChI is InChI=1S/C34H48FN7O4/c1-5-42(23(2)3)32(44)27-16-26(35)6-7-28(27)46-31-29(36-22-37-39-31)41-20-33(21-41)12-14-40(15-13-33)18-24-8-10-34(11-9-24)17-25(19-45-4)30(43)38-34/h6-7,16,22-25H,5,8-15,17-21H2,1-4H3,(H,38,43)/t24-,25-,34-/m1/s1. The molecule has 4 aliphatic rings. The molecule has 46 heavy (non-hydrogen) atoms. The summed E-state index contributed by atoms with van der Waals surface area (Å²) in [6.07, 6.45) is 9.02. The van der Waals surface area contributed by atoms with Crippen LogP contribution in [0.3, 0.4) is 0 Å². The van der Waals surface area contributed by atoms with Gasteiger partial charge in [0.15, 0.2) is 5.82 Å². The zero-order chi connectivity index (χ0) is 32.5. The molecule has 1 atom stereocenters. The van der Waals surface area contributed by atoms with Crippen molar-refractivity contribution < 1.29 is 23.5 Å². The average Bonchev–Trinajstić information content (AvgIpc) is 3.33. The highest BCUT2D eigenvalue weighted by Gasteiger charge is 2.48. The second-order valence-electron chi connectivity index (χ2n) is 14.2. The van der Waals surface area contributed by atoms with Crippen molar-refractivity contribution in [2.45, 2.75) is 77.3 Å². The normalized spacial score (nSPS) is 26.0. The van der Waals surface area contributed by atoms with Crippen LogP contribution in [0.25, 0.3) is 0 Å². The summed E-state index contributed by atoms with van der Waals surface area (Å²) in [4.78, 5) is 36.7. The summed E-state index contributed by atoms with van der Waals surface area (Å²) in [5.74, 6) is 1.06. The van der Waals surface area contributed by atoms with E-state index >= 15 is 0 Å². The van der Waals surface area contributed by atoms with Crippen molar-refractivity contribution in [2.24, 2.45) is 17.3 Å². The van der Waals surface area contributed by atoms with Gasteiger partial charge in [-0.2, -0.15) is 0 Å². The van der Waals surface area contributed by atoms with Gasteiger partial charge in [0.05, 0.1) is 18.1 Å². The van der Waals surface area contributed by atoms with Gasteiger partial charge in [0.1, 0.15) is 17.9 Å². The number of carbonyl (C=O) groups excluding carboxylic acids is 2. The van der Waals surface area contributed by atoms with Gasteiger partial charge < -0.3 is 29.5 Å². The molecule has 0 unspecified atom stereocenters. The van der Waals surface area contributed by atoms with Crippen molar-refractivity contribution in [2.75, 3.05) is 57.9 Å². The van der Waals surface area contributed by atoms with E-state index < -0.39 is 5.82 Å². The zero-order valence-corrected chi connectivity index (χ0v) is 27.6. The minimum absolute atomic E-state index is 0.00583. The Morgan fingerprint density at radius 1 is 1.17 bits per heavy atom. The van der Waals surface area contributed by atoms with Gasteiger partial charge in [0.25, 0.3) is 11.8 Å². The number of nitrogens with one attached hydrogen (secondary N) is 1. The Bertz CT molecular complexity index is 1400. The third-order valence-electron chi connectivity index (χ3n) is 10.8. The van der Waals surface area contributed by atoms with Crippen LogP contribution in [-0.4, -0.2) is 101 Å². The number of rotatable bonds is 10. The number of hydrogen-bond donors (Lipinski definition) is 1. The second kappa shape index (κ2) is 13.4. The molecule has 1 aromatic heterocycles. The fraction of sp³-hybridized carbons (Fsp3) is 0.676. The maximum atomic E-state index is 14.3. The SMILES string of the molecule is CCN(C(=O)c1cc(F)ccc1Oc1nncnc1N1CC2(CCN(C[C@H]3CC[C@]4(CC3)C[C@H](COC)C(=O)N4)CC2)C1)C(C)C. The third kappa shape index (κ3) is 6.69. The smallest absolute Gasteiger partial charge is 0.282 e. The summed E-state index contributed by atoms with van der Waals surface area (Å²) in [6.45, 7) is 11.8. The van der Waals surface area contributed by atoms with Gasteiger partial charge in [-0.3, -0.25) is 9.59 Å². The van der Waals surface area contributed by atoms with Gasteiger partial charge in [0, 0.05) is 50.3 Å². The Hall–Kier alpha value is -3.38. The number of piperidine rings is 1. The van der Waals surface area contributed by atoms with Crippen molar-refractivity contribution in [3.63, 3.8) is 0 Å². The monoisotopic (exact) mass is 637 g/mol. The van der Waals surface area contributed by atoms with Gasteiger partial charge >= 0.3 is 0 Å². The summed E-state index contributed by atoms with van der Waals surface area (Å²) in [5, 5.41) is 11.5. The number of methoxy groups -OCH3 is 1. The fourth-order valence-corrected chi connectivity index (χ4v) is 8.16. The fourth-order valence-electron chi connectivity index (χ4n) is 8.16. The topological polar surface area (TPSA) is 113 Å². The largest absolute Gasteiger partial charge is 0.434 e. The van der Waals surface area contributed by atoms with Crippen LogP contribution in [0.15, 0.2) is 24.5 Å². The van der Waals surface area contributed by atoms with E-state index in [1.54, 1.807) is 12.0 Å². The van der Waals surface area contributed by atoms with Gasteiger partial charge in [-0.25, -0.2) is 9.37 Å². The maximum absolute atomic E-state index is 14.3. The molecule has 2 spiro atoms. The number of halogens is 1. The molecule has 0 radical (unpaired) electrons. The van der Waals surface area contributed by atoms with Crippen molar-refractivity contribution >= 4 is 17.6 Å². The molecule has 1 aromatic carbocycles. The van der Waals surface area contributed by atoms with Crippen LogP contribution in [0.1, 0.15) is 76.1 Å². The van der Waals surface area contributed by atoms with Gasteiger partial charge in [-0.05, 0) is 103 Å². The van der Waals surface area contributed by atoms with Gasteiger partial charge in [-0.15, -0.1) is 10.2 Å². The number of carbonyl (C=O) groups is 2. The molecule has 3 saturated heterocycles. The lowest BCUT2D eigenvalue weighted by Gasteiger charge is -2.54. The zero-order valence-electron chi connectivity index (χ0n) is 27.6. The van der Waals surface area contributed by atoms with E-state index in [1.807, 2.05) is 20.8 Å². The highest BCUT2D eigenvalue weighted by Crippen LogP contribution is 2.45. The van der Waals surface area contributed by atoms with E-state index in [0.29, 0.717) is 24.9 Å². The summed E-state index contributed by atoms with van der Waals surface area (Å²) in [5.41, 5.74) is 0.361. The van der Waals surface area contributed by atoms with Crippen LogP contribution in [-0.2, 0) is 9.53 Å². The van der Waals surface area contributed by atoms with Crippen LogP contribution >= 0.6 is 0 Å². The molecular weight excluding hydrogens is 589 g/mol. The van der Waals surface area contributed by atoms with E-state index in [4.69, 9.17) is 9.47 Å². The first-order valence-electron chi connectivity index (χ1n) is 16.9. The van der Waals surface area contributed by atoms with Gasteiger partial charge in [-0.1, -0.05) is 0 Å². The van der Waals surface area contributed by atoms with E-state index in [1.165, 1.54) is 24.5 Å². The molecule has 1 aliphatic carbocycles. The minimum atomic E-state index is -0.505. The molecule has 1 N–H and O–H groups in total. The first-order valence-corrected chi connectivity index (χ1v) is 16.9. The number of ether oxygens (including phenoxy) is 2. The lowest BCUT2D eigenvalue weighted by Crippen LogP contribution is -2.61. The van der Waals surface area contributed by atoms with Crippen molar-refractivity contribution in [3.05, 3.63) is 35.9 Å². The first kappa shape index (κ1) is 32.6. The van der Waals surface area contributed by atoms with E-state index in [2.05, 4.69) is 30.3 Å². The average molecular weight is 638 g/mol. The Kier molecular flexibility index (Phi) is 9.48. The van der Waals surface area contributed by atoms with Crippen LogP contribution in [0.4, 0.5) is 10.2 Å². The Morgan fingerprint density at radius 2 is 1.91 bits per heavy atom. The Labute approximate surface area is 271 Å². The number of amides is 2. The van der Waals surface area contributed by atoms with Crippen molar-refractivity contribution in [1.29, 1.82) is 0 Å². The van der Waals surface area contributed by atoms with E-state index in [0.717, 1.165) is 77.7 Å². The first-order chi connectivity index (χ1) is 22.1. The second-order valence-corrected chi connectivity index (χ2v) is 14.2. The molecule has 0 bridgehead atoms. The highest BCUT2D eigenvalue weighted by molar-refractivity contribution is 5.97. The van der Waals surface area contributed by atoms with Crippen molar-refractivity contribution in [3.8, 4) is 11.6 Å². The van der Waals surface area contributed by atoms with Crippen LogP contribution in [0, 0.1) is 23.1 Å². The number of anilines is 1. The lowest BCUT2D eigenvalue weighted by molar-refractivity contribution is -0.124. The Balaban J connectivity index is 1.02. The molecule has 12 heteroatoms. The number of nitrogens with zero attached hydrogens (tertiary/aromatic N) is 6. The Morgan fingerprint density at radius 3 is 2.59 bits per heavy atom. The molecule has 4 fully saturated rings. The molecule has 250 valence electrons. The molecule has 6 rings (SSSR count). The molecule has 4 heterocycles. The van der Waals surface area contributed by atoms with E-state index in [-0.39, 0.29) is 51.9 Å². The van der Waals surface area contributed by atoms with Crippen LogP contribution in [0.2, 0.25) is 0 Å². The molecular formula is C34H48FN7O4. The molecule has 1 saturated carbocycles. The van der Waals surface area contributed by atoms with E-state index in [9.17, 15) is 14.0 Å².